The highest BCUT2D eigenvalue weighted by Crippen LogP contribution is 2.32. The highest BCUT2D eigenvalue weighted by molar-refractivity contribution is 5.91. The molecular weight excluding hydrogens is 368 g/mol. The summed E-state index contributed by atoms with van der Waals surface area (Å²) in [5, 5.41) is 5.79. The van der Waals surface area contributed by atoms with Gasteiger partial charge in [-0.1, -0.05) is 39.0 Å². The van der Waals surface area contributed by atoms with Crippen LogP contribution in [0.3, 0.4) is 0 Å². The summed E-state index contributed by atoms with van der Waals surface area (Å²) >= 11 is 0. The first kappa shape index (κ1) is 20.7. The molecule has 6 nitrogen and oxygen atoms in total. The first-order chi connectivity index (χ1) is 13.9. The van der Waals surface area contributed by atoms with Crippen LogP contribution in [0.2, 0.25) is 0 Å². The van der Waals surface area contributed by atoms with Gasteiger partial charge in [0.25, 0.3) is 0 Å². The van der Waals surface area contributed by atoms with E-state index < -0.39 is 0 Å². The van der Waals surface area contributed by atoms with Crippen LogP contribution in [0.25, 0.3) is 0 Å². The third kappa shape index (κ3) is 5.98. The van der Waals surface area contributed by atoms with E-state index in [0.29, 0.717) is 31.1 Å². The Morgan fingerprint density at radius 2 is 1.62 bits per heavy atom. The molecule has 154 valence electrons. The lowest BCUT2D eigenvalue weighted by atomic mass is 10.0. The van der Waals surface area contributed by atoms with Crippen LogP contribution in [-0.2, 0) is 16.1 Å². The van der Waals surface area contributed by atoms with Gasteiger partial charge in [0.05, 0.1) is 0 Å². The molecule has 3 rings (SSSR count). The zero-order valence-electron chi connectivity index (χ0n) is 17.2. The molecule has 0 aliphatic carbocycles. The van der Waals surface area contributed by atoms with Crippen molar-refractivity contribution in [1.82, 2.24) is 5.32 Å². The average molecular weight is 396 g/mol. The standard InChI is InChI=1S/C23H28N2O4/c1-15(2)18-5-7-19(8-6-18)25-23(27)11-16(3)10-22(26)24-13-17-4-9-20-21(12-17)29-14-28-20/h4-9,12,15-16H,10-11,13-14H2,1-3H3,(H,24,26)(H,25,27)/t16-/m0/s1. The van der Waals surface area contributed by atoms with Crippen molar-refractivity contribution in [2.24, 2.45) is 5.92 Å². The molecule has 0 radical (unpaired) electrons. The van der Waals surface area contributed by atoms with Gasteiger partial charge in [-0.15, -0.1) is 0 Å². The van der Waals surface area contributed by atoms with Gasteiger partial charge < -0.3 is 20.1 Å². The molecule has 2 N–H and O–H groups in total. The predicted molar refractivity (Wildman–Crippen MR) is 112 cm³/mol. The number of rotatable bonds is 8. The molecule has 2 aromatic carbocycles. The van der Waals surface area contributed by atoms with E-state index in [1.807, 2.05) is 49.4 Å². The van der Waals surface area contributed by atoms with Crippen molar-refractivity contribution in [3.05, 3.63) is 53.6 Å². The largest absolute Gasteiger partial charge is 0.454 e. The number of hydrogen-bond donors (Lipinski definition) is 2. The van der Waals surface area contributed by atoms with Crippen molar-refractivity contribution >= 4 is 17.5 Å². The van der Waals surface area contributed by atoms with Crippen LogP contribution in [0.5, 0.6) is 11.5 Å². The molecule has 2 aromatic rings. The van der Waals surface area contributed by atoms with E-state index in [9.17, 15) is 9.59 Å². The second kappa shape index (κ2) is 9.45. The number of ether oxygens (including phenoxy) is 2. The first-order valence-electron chi connectivity index (χ1n) is 9.95. The van der Waals surface area contributed by atoms with Crippen LogP contribution >= 0.6 is 0 Å². The lowest BCUT2D eigenvalue weighted by molar-refractivity contribution is -0.122. The van der Waals surface area contributed by atoms with E-state index in [1.54, 1.807) is 0 Å². The van der Waals surface area contributed by atoms with E-state index in [1.165, 1.54) is 5.56 Å². The molecule has 0 bridgehead atoms. The molecule has 2 amide bonds. The van der Waals surface area contributed by atoms with E-state index in [-0.39, 0.29) is 24.5 Å². The maximum absolute atomic E-state index is 12.2. The van der Waals surface area contributed by atoms with Crippen molar-refractivity contribution in [3.63, 3.8) is 0 Å². The number of amides is 2. The Balaban J connectivity index is 1.40. The SMILES string of the molecule is CC(C)c1ccc(NC(=O)C[C@@H](C)CC(=O)NCc2ccc3c(c2)OCO3)cc1. The number of carbonyl (C=O) groups excluding carboxylic acids is 2. The van der Waals surface area contributed by atoms with Crippen LogP contribution < -0.4 is 20.1 Å². The van der Waals surface area contributed by atoms with Crippen LogP contribution in [0.1, 0.15) is 50.7 Å². The Hall–Kier alpha value is -3.02. The Labute approximate surface area is 171 Å². The minimum Gasteiger partial charge on any atom is -0.454 e. The number of fused-ring (bicyclic) bond motifs is 1. The van der Waals surface area contributed by atoms with Crippen LogP contribution in [-0.4, -0.2) is 18.6 Å². The molecule has 0 unspecified atom stereocenters. The van der Waals surface area contributed by atoms with Crippen molar-refractivity contribution in [3.8, 4) is 11.5 Å². The third-order valence-electron chi connectivity index (χ3n) is 4.86. The monoisotopic (exact) mass is 396 g/mol. The highest BCUT2D eigenvalue weighted by Gasteiger charge is 2.15. The van der Waals surface area contributed by atoms with Gasteiger partial charge in [0.15, 0.2) is 11.5 Å². The maximum atomic E-state index is 12.2. The summed E-state index contributed by atoms with van der Waals surface area (Å²) in [4.78, 5) is 24.4. The van der Waals surface area contributed by atoms with Crippen LogP contribution in [0, 0.1) is 5.92 Å². The predicted octanol–water partition coefficient (Wildman–Crippen LogP) is 4.21. The fourth-order valence-electron chi connectivity index (χ4n) is 3.19. The molecule has 0 spiro atoms. The van der Waals surface area contributed by atoms with Gasteiger partial charge in [-0.2, -0.15) is 0 Å². The second-order valence-corrected chi connectivity index (χ2v) is 7.80. The Kier molecular flexibility index (Phi) is 6.75. The zero-order chi connectivity index (χ0) is 20.8. The van der Waals surface area contributed by atoms with Gasteiger partial charge in [0, 0.05) is 25.1 Å². The number of hydrogen-bond acceptors (Lipinski definition) is 4. The Bertz CT molecular complexity index is 862. The molecule has 1 aliphatic rings. The Morgan fingerprint density at radius 1 is 0.931 bits per heavy atom. The second-order valence-electron chi connectivity index (χ2n) is 7.80. The topological polar surface area (TPSA) is 76.7 Å². The van der Waals surface area contributed by atoms with Gasteiger partial charge in [-0.3, -0.25) is 9.59 Å². The molecule has 1 aliphatic heterocycles. The van der Waals surface area contributed by atoms with Gasteiger partial charge in [0.2, 0.25) is 18.6 Å². The van der Waals surface area contributed by atoms with Crippen molar-refractivity contribution in [2.75, 3.05) is 12.1 Å². The van der Waals surface area contributed by atoms with Crippen LogP contribution in [0.4, 0.5) is 5.69 Å². The fraction of sp³-hybridized carbons (Fsp3) is 0.391. The number of carbonyl (C=O) groups is 2. The molecule has 29 heavy (non-hydrogen) atoms. The van der Waals surface area contributed by atoms with E-state index in [4.69, 9.17) is 9.47 Å². The van der Waals surface area contributed by atoms with E-state index >= 15 is 0 Å². The van der Waals surface area contributed by atoms with Gasteiger partial charge >= 0.3 is 0 Å². The summed E-state index contributed by atoms with van der Waals surface area (Å²) < 4.78 is 10.6. The minimum atomic E-state index is -0.0848. The van der Waals surface area contributed by atoms with Crippen molar-refractivity contribution < 1.29 is 19.1 Å². The molecule has 1 heterocycles. The molecular formula is C23H28N2O4. The average Bonchev–Trinajstić information content (AvgIpc) is 3.14. The normalized spacial score (nSPS) is 13.2. The maximum Gasteiger partial charge on any atom is 0.231 e. The van der Waals surface area contributed by atoms with Gasteiger partial charge in [-0.05, 0) is 47.2 Å². The van der Waals surface area contributed by atoms with E-state index in [2.05, 4.69) is 24.5 Å². The summed E-state index contributed by atoms with van der Waals surface area (Å²) in [5.74, 6) is 1.65. The van der Waals surface area contributed by atoms with Crippen molar-refractivity contribution in [1.29, 1.82) is 0 Å². The number of nitrogens with one attached hydrogen (secondary N) is 2. The Morgan fingerprint density at radius 3 is 2.34 bits per heavy atom. The molecule has 0 saturated carbocycles. The molecule has 1 atom stereocenters. The highest BCUT2D eigenvalue weighted by atomic mass is 16.7. The zero-order valence-corrected chi connectivity index (χ0v) is 17.2. The lowest BCUT2D eigenvalue weighted by Crippen LogP contribution is -2.26. The summed E-state index contributed by atoms with van der Waals surface area (Å²) in [5.41, 5.74) is 2.95. The quantitative estimate of drug-likeness (QED) is 0.701. The molecule has 0 saturated heterocycles. The molecule has 0 fully saturated rings. The first-order valence-corrected chi connectivity index (χ1v) is 9.95. The smallest absolute Gasteiger partial charge is 0.231 e. The fourth-order valence-corrected chi connectivity index (χ4v) is 3.19. The van der Waals surface area contributed by atoms with E-state index in [0.717, 1.165) is 17.0 Å². The van der Waals surface area contributed by atoms with Crippen molar-refractivity contribution in [2.45, 2.75) is 46.1 Å². The third-order valence-corrected chi connectivity index (χ3v) is 4.86. The van der Waals surface area contributed by atoms with Gasteiger partial charge in [-0.25, -0.2) is 0 Å². The number of anilines is 1. The lowest BCUT2D eigenvalue weighted by Gasteiger charge is -2.13. The molecule has 6 heteroatoms. The van der Waals surface area contributed by atoms with Gasteiger partial charge in [0.1, 0.15) is 0 Å². The summed E-state index contributed by atoms with van der Waals surface area (Å²) in [6.07, 6.45) is 0.591. The molecule has 0 aromatic heterocycles. The van der Waals surface area contributed by atoms with Crippen LogP contribution in [0.15, 0.2) is 42.5 Å². The summed E-state index contributed by atoms with van der Waals surface area (Å²) in [6.45, 7) is 6.81. The summed E-state index contributed by atoms with van der Waals surface area (Å²) in [6, 6.07) is 13.5. The minimum absolute atomic E-state index is 0.0540. The number of benzene rings is 2. The summed E-state index contributed by atoms with van der Waals surface area (Å²) in [7, 11) is 0.